The molecule has 0 amide bonds. The van der Waals surface area contributed by atoms with E-state index in [0.29, 0.717) is 5.82 Å². The normalized spacial score (nSPS) is 10.4. The minimum atomic E-state index is 0.699. The number of nitrogens with one attached hydrogen (secondary N) is 2. The quantitative estimate of drug-likeness (QED) is 0.695. The Hall–Kier alpha value is -3.08. The highest BCUT2D eigenvalue weighted by molar-refractivity contribution is 5.64. The molecule has 3 rings (SSSR count). The van der Waals surface area contributed by atoms with E-state index in [1.165, 1.54) is 11.1 Å². The Balaban J connectivity index is 1.81. The molecule has 0 aliphatic heterocycles. The summed E-state index contributed by atoms with van der Waals surface area (Å²) in [6.45, 7) is 6.05. The summed E-state index contributed by atoms with van der Waals surface area (Å²) in [4.78, 5) is 8.93. The van der Waals surface area contributed by atoms with E-state index in [9.17, 15) is 0 Å². The largest absolute Gasteiger partial charge is 0.497 e. The number of methoxy groups -OCH3 is 1. The molecule has 0 bridgehead atoms. The average molecular weight is 334 g/mol. The topological polar surface area (TPSA) is 59.1 Å². The predicted molar refractivity (Wildman–Crippen MR) is 102 cm³/mol. The van der Waals surface area contributed by atoms with Crippen LogP contribution in [0.15, 0.2) is 48.5 Å². The van der Waals surface area contributed by atoms with E-state index in [2.05, 4.69) is 52.6 Å². The van der Waals surface area contributed by atoms with Crippen LogP contribution in [-0.2, 0) is 0 Å². The highest BCUT2D eigenvalue weighted by Crippen LogP contribution is 2.23. The highest BCUT2D eigenvalue weighted by atomic mass is 16.5. The van der Waals surface area contributed by atoms with E-state index in [-0.39, 0.29) is 0 Å². The van der Waals surface area contributed by atoms with E-state index >= 15 is 0 Å². The Kier molecular flexibility index (Phi) is 4.84. The zero-order valence-electron chi connectivity index (χ0n) is 14.9. The lowest BCUT2D eigenvalue weighted by Crippen LogP contribution is -2.01. The number of hydrogen-bond acceptors (Lipinski definition) is 5. The molecule has 1 aromatic heterocycles. The highest BCUT2D eigenvalue weighted by Gasteiger charge is 2.04. The molecule has 128 valence electrons. The molecule has 0 radical (unpaired) electrons. The Morgan fingerprint density at radius 1 is 0.720 bits per heavy atom. The predicted octanol–water partition coefficient (Wildman–Crippen LogP) is 4.90. The van der Waals surface area contributed by atoms with Crippen LogP contribution in [0, 0.1) is 20.8 Å². The van der Waals surface area contributed by atoms with Crippen LogP contribution in [0.3, 0.4) is 0 Å². The summed E-state index contributed by atoms with van der Waals surface area (Å²) in [6, 6.07) is 16.0. The maximum absolute atomic E-state index is 5.18. The number of anilines is 4. The van der Waals surface area contributed by atoms with Gasteiger partial charge in [0, 0.05) is 17.4 Å². The summed E-state index contributed by atoms with van der Waals surface area (Å²) in [5, 5.41) is 6.66. The minimum Gasteiger partial charge on any atom is -0.497 e. The first kappa shape index (κ1) is 16.8. The number of nitrogens with zero attached hydrogens (tertiary/aromatic N) is 2. The third kappa shape index (κ3) is 4.47. The van der Waals surface area contributed by atoms with Gasteiger partial charge in [0.1, 0.15) is 23.2 Å². The Labute approximate surface area is 148 Å². The Morgan fingerprint density at radius 3 is 1.84 bits per heavy atom. The first-order valence-electron chi connectivity index (χ1n) is 8.14. The lowest BCUT2D eigenvalue weighted by atomic mass is 10.1. The number of aromatic nitrogens is 2. The second-order valence-corrected chi connectivity index (χ2v) is 6.04. The molecular weight excluding hydrogens is 312 g/mol. The zero-order chi connectivity index (χ0) is 17.8. The molecule has 0 unspecified atom stereocenters. The average Bonchev–Trinajstić information content (AvgIpc) is 2.54. The molecule has 0 aliphatic carbocycles. The van der Waals surface area contributed by atoms with Crippen molar-refractivity contribution in [1.82, 2.24) is 9.97 Å². The van der Waals surface area contributed by atoms with Gasteiger partial charge in [-0.25, -0.2) is 9.97 Å². The van der Waals surface area contributed by atoms with E-state index in [4.69, 9.17) is 4.74 Å². The third-order valence-corrected chi connectivity index (χ3v) is 3.69. The first-order valence-corrected chi connectivity index (χ1v) is 8.14. The summed E-state index contributed by atoms with van der Waals surface area (Å²) in [7, 11) is 1.65. The van der Waals surface area contributed by atoms with Crippen LogP contribution in [0.1, 0.15) is 17.0 Å². The third-order valence-electron chi connectivity index (χ3n) is 3.69. The van der Waals surface area contributed by atoms with Gasteiger partial charge in [-0.3, -0.25) is 0 Å². The van der Waals surface area contributed by atoms with Gasteiger partial charge >= 0.3 is 0 Å². The molecule has 2 N–H and O–H groups in total. The molecule has 5 heteroatoms. The van der Waals surface area contributed by atoms with E-state index in [1.54, 1.807) is 7.11 Å². The zero-order valence-corrected chi connectivity index (χ0v) is 14.9. The summed E-state index contributed by atoms with van der Waals surface area (Å²) < 4.78 is 5.18. The van der Waals surface area contributed by atoms with E-state index in [1.807, 2.05) is 37.3 Å². The van der Waals surface area contributed by atoms with Crippen molar-refractivity contribution in [1.29, 1.82) is 0 Å². The van der Waals surface area contributed by atoms with Crippen molar-refractivity contribution in [2.75, 3.05) is 17.7 Å². The van der Waals surface area contributed by atoms with Crippen molar-refractivity contribution in [3.63, 3.8) is 0 Å². The van der Waals surface area contributed by atoms with Gasteiger partial charge in [0.15, 0.2) is 0 Å². The van der Waals surface area contributed by atoms with Crippen molar-refractivity contribution >= 4 is 23.0 Å². The summed E-state index contributed by atoms with van der Waals surface area (Å²) in [5.41, 5.74) is 4.39. The van der Waals surface area contributed by atoms with Gasteiger partial charge < -0.3 is 15.4 Å². The molecule has 0 atom stereocenters. The molecule has 2 aromatic carbocycles. The monoisotopic (exact) mass is 334 g/mol. The molecule has 0 fully saturated rings. The van der Waals surface area contributed by atoms with E-state index < -0.39 is 0 Å². The molecule has 0 saturated heterocycles. The van der Waals surface area contributed by atoms with Crippen LogP contribution in [0.2, 0.25) is 0 Å². The van der Waals surface area contributed by atoms with Crippen LogP contribution < -0.4 is 15.4 Å². The standard InChI is InChI=1S/C20H22N4O/c1-13-9-14(2)11-17(10-13)24-20-12-19(21-15(3)22-20)23-16-5-7-18(25-4)8-6-16/h5-12H,1-4H3,(H2,21,22,23,24). The maximum atomic E-state index is 5.18. The SMILES string of the molecule is COc1ccc(Nc2cc(Nc3cc(C)cc(C)c3)nc(C)n2)cc1. The smallest absolute Gasteiger partial charge is 0.136 e. The Bertz CT molecular complexity index is 855. The van der Waals surface area contributed by atoms with Gasteiger partial charge in [-0.15, -0.1) is 0 Å². The fourth-order valence-corrected chi connectivity index (χ4v) is 2.71. The number of hydrogen-bond donors (Lipinski definition) is 2. The fraction of sp³-hybridized carbons (Fsp3) is 0.200. The molecule has 1 heterocycles. The van der Waals surface area contributed by atoms with Crippen molar-refractivity contribution < 1.29 is 4.74 Å². The van der Waals surface area contributed by atoms with Gasteiger partial charge in [0.25, 0.3) is 0 Å². The Morgan fingerprint density at radius 2 is 1.28 bits per heavy atom. The van der Waals surface area contributed by atoms with Crippen molar-refractivity contribution in [3.8, 4) is 5.75 Å². The molecule has 0 saturated carbocycles. The van der Waals surface area contributed by atoms with Gasteiger partial charge in [-0.2, -0.15) is 0 Å². The lowest BCUT2D eigenvalue weighted by Gasteiger charge is -2.11. The van der Waals surface area contributed by atoms with Crippen molar-refractivity contribution in [2.45, 2.75) is 20.8 Å². The number of rotatable bonds is 5. The van der Waals surface area contributed by atoms with Gasteiger partial charge in [-0.05, 0) is 68.3 Å². The molecule has 5 nitrogen and oxygen atoms in total. The van der Waals surface area contributed by atoms with E-state index in [0.717, 1.165) is 28.8 Å². The first-order chi connectivity index (χ1) is 12.0. The lowest BCUT2D eigenvalue weighted by molar-refractivity contribution is 0.415. The fourth-order valence-electron chi connectivity index (χ4n) is 2.71. The maximum Gasteiger partial charge on any atom is 0.136 e. The van der Waals surface area contributed by atoms with Crippen LogP contribution in [0.25, 0.3) is 0 Å². The number of aryl methyl sites for hydroxylation is 3. The van der Waals surface area contributed by atoms with Gasteiger partial charge in [-0.1, -0.05) is 6.07 Å². The molecule has 0 aliphatic rings. The second kappa shape index (κ2) is 7.21. The summed E-state index contributed by atoms with van der Waals surface area (Å²) in [6.07, 6.45) is 0. The van der Waals surface area contributed by atoms with Crippen molar-refractivity contribution in [3.05, 3.63) is 65.5 Å². The molecular formula is C20H22N4O. The van der Waals surface area contributed by atoms with Crippen molar-refractivity contribution in [2.24, 2.45) is 0 Å². The van der Waals surface area contributed by atoms with Crippen LogP contribution >= 0.6 is 0 Å². The van der Waals surface area contributed by atoms with Crippen LogP contribution in [-0.4, -0.2) is 17.1 Å². The summed E-state index contributed by atoms with van der Waals surface area (Å²) >= 11 is 0. The van der Waals surface area contributed by atoms with Gasteiger partial charge in [0.2, 0.25) is 0 Å². The molecule has 0 spiro atoms. The van der Waals surface area contributed by atoms with Gasteiger partial charge in [0.05, 0.1) is 7.11 Å². The molecule has 3 aromatic rings. The summed E-state index contributed by atoms with van der Waals surface area (Å²) in [5.74, 6) is 3.02. The number of ether oxygens (including phenoxy) is 1. The number of benzene rings is 2. The van der Waals surface area contributed by atoms with Crippen LogP contribution in [0.4, 0.5) is 23.0 Å². The second-order valence-electron chi connectivity index (χ2n) is 6.04. The minimum absolute atomic E-state index is 0.699. The molecule has 25 heavy (non-hydrogen) atoms. The van der Waals surface area contributed by atoms with Crippen LogP contribution in [0.5, 0.6) is 5.75 Å².